The summed E-state index contributed by atoms with van der Waals surface area (Å²) in [5.41, 5.74) is 14.1. The molecule has 0 aliphatic rings. The van der Waals surface area contributed by atoms with Gasteiger partial charge in [-0.05, 0) is 158 Å². The van der Waals surface area contributed by atoms with Gasteiger partial charge in [0.25, 0.3) is 0 Å². The highest BCUT2D eigenvalue weighted by Crippen LogP contribution is 2.46. The number of imidazole rings is 1. The second kappa shape index (κ2) is 14.0. The summed E-state index contributed by atoms with van der Waals surface area (Å²) in [7, 11) is 0. The second-order valence-electron chi connectivity index (χ2n) is 17.5. The molecule has 0 amide bonds. The zero-order valence-corrected chi connectivity index (χ0v) is 35.3. The van der Waals surface area contributed by atoms with Crippen molar-refractivity contribution < 1.29 is 0 Å². The minimum atomic E-state index is 0.999. The molecule has 0 fully saturated rings. The van der Waals surface area contributed by atoms with E-state index in [4.69, 9.17) is 4.98 Å². The zero-order valence-electron chi connectivity index (χ0n) is 35.3. The van der Waals surface area contributed by atoms with Crippen LogP contribution in [0.4, 0.5) is 0 Å². The van der Waals surface area contributed by atoms with Crippen LogP contribution in [0.5, 0.6) is 0 Å². The molecular weight excluding hydrogens is 785 g/mol. The van der Waals surface area contributed by atoms with E-state index in [0.29, 0.717) is 0 Å². The van der Waals surface area contributed by atoms with E-state index in [1.807, 2.05) is 0 Å². The lowest BCUT2D eigenvalue weighted by molar-refractivity contribution is 1.31. The summed E-state index contributed by atoms with van der Waals surface area (Å²) in [6, 6.07) is 85.1. The number of pyridine rings is 1. The van der Waals surface area contributed by atoms with E-state index in [-0.39, 0.29) is 0 Å². The Bertz CT molecular complexity index is 4310. The average molecular weight is 823 g/mol. The van der Waals surface area contributed by atoms with Crippen molar-refractivity contribution in [2.24, 2.45) is 0 Å². The lowest BCUT2D eigenvalue weighted by Gasteiger charge is -2.19. The number of aromatic nitrogens is 2. The molecule has 2 heteroatoms. The minimum Gasteiger partial charge on any atom is -0.292 e. The third-order valence-electron chi connectivity index (χ3n) is 13.9. The summed E-state index contributed by atoms with van der Waals surface area (Å²) < 4.78 is 2.32. The molecule has 2 heterocycles. The number of hydrogen-bond donors (Lipinski definition) is 0. The molecule has 14 aromatic rings. The molecule has 2 aromatic heterocycles. The number of hydrogen-bond acceptors (Lipinski definition) is 1. The molecule has 0 aliphatic carbocycles. The smallest absolute Gasteiger partial charge is 0.146 e. The molecule has 0 atom stereocenters. The van der Waals surface area contributed by atoms with Gasteiger partial charge in [0.15, 0.2) is 0 Å². The summed E-state index contributed by atoms with van der Waals surface area (Å²) in [5.74, 6) is 0. The van der Waals surface area contributed by atoms with Gasteiger partial charge in [-0.2, -0.15) is 0 Å². The highest BCUT2D eigenvalue weighted by Gasteiger charge is 2.19. The molecule has 0 unspecified atom stereocenters. The maximum Gasteiger partial charge on any atom is 0.146 e. The van der Waals surface area contributed by atoms with Gasteiger partial charge >= 0.3 is 0 Å². The number of rotatable bonds is 4. The maximum atomic E-state index is 5.08. The van der Waals surface area contributed by atoms with Crippen LogP contribution in [0.2, 0.25) is 0 Å². The van der Waals surface area contributed by atoms with Crippen LogP contribution in [0, 0.1) is 0 Å². The predicted octanol–water partition coefficient (Wildman–Crippen LogP) is 17.2. The number of nitrogens with zero attached hydrogens (tertiary/aromatic N) is 2. The van der Waals surface area contributed by atoms with Gasteiger partial charge < -0.3 is 0 Å². The Morgan fingerprint density at radius 3 is 1.32 bits per heavy atom. The molecule has 12 aromatic carbocycles. The fourth-order valence-electron chi connectivity index (χ4n) is 10.8. The standard InChI is InChI=1S/C63H38N2/c1-3-13-41-35-49(27-21-39(41)11-1)61-52-16-6-7-17-53(52)62(50-28-22-40-12-2-4-14-42(40)36-50)57-38-47(29-31-54(57)61)45-25-23-44-34-46(26-24-43(44)33-45)48-30-32-59-56(37-48)51-15-5-8-18-55(51)63-64-58-19-9-10-20-60(58)65(59)63/h1-38H. The topological polar surface area (TPSA) is 17.3 Å². The lowest BCUT2D eigenvalue weighted by atomic mass is 9.84. The summed E-state index contributed by atoms with van der Waals surface area (Å²) in [4.78, 5) is 5.08. The molecule has 65 heavy (non-hydrogen) atoms. The first-order chi connectivity index (χ1) is 32.2. The average Bonchev–Trinajstić information content (AvgIpc) is 3.77. The highest BCUT2D eigenvalue weighted by molar-refractivity contribution is 6.23. The Kier molecular flexibility index (Phi) is 7.72. The van der Waals surface area contributed by atoms with E-state index in [0.717, 1.165) is 27.6 Å². The zero-order chi connectivity index (χ0) is 42.6. The Hall–Kier alpha value is -8.59. The van der Waals surface area contributed by atoms with Gasteiger partial charge in [0, 0.05) is 10.8 Å². The largest absolute Gasteiger partial charge is 0.292 e. The van der Waals surface area contributed by atoms with E-state index in [1.54, 1.807) is 0 Å². The Morgan fingerprint density at radius 1 is 0.246 bits per heavy atom. The van der Waals surface area contributed by atoms with Gasteiger partial charge in [-0.1, -0.05) is 176 Å². The first-order valence-electron chi connectivity index (χ1n) is 22.4. The van der Waals surface area contributed by atoms with Crippen LogP contribution in [0.1, 0.15) is 0 Å². The van der Waals surface area contributed by atoms with Crippen LogP contribution in [-0.2, 0) is 0 Å². The van der Waals surface area contributed by atoms with E-state index in [1.165, 1.54) is 109 Å². The van der Waals surface area contributed by atoms with Gasteiger partial charge in [0.05, 0.1) is 16.6 Å². The molecule has 0 spiro atoms. The van der Waals surface area contributed by atoms with Crippen LogP contribution >= 0.6 is 0 Å². The highest BCUT2D eigenvalue weighted by atomic mass is 15.0. The van der Waals surface area contributed by atoms with Crippen LogP contribution in [-0.4, -0.2) is 9.38 Å². The molecule has 0 bridgehead atoms. The lowest BCUT2D eigenvalue weighted by Crippen LogP contribution is -1.92. The first-order valence-corrected chi connectivity index (χ1v) is 22.4. The summed E-state index contributed by atoms with van der Waals surface area (Å²) in [5, 5.41) is 16.0. The van der Waals surface area contributed by atoms with Crippen LogP contribution < -0.4 is 0 Å². The van der Waals surface area contributed by atoms with Gasteiger partial charge in [-0.15, -0.1) is 0 Å². The van der Waals surface area contributed by atoms with Gasteiger partial charge in [-0.25, -0.2) is 4.98 Å². The van der Waals surface area contributed by atoms with E-state index >= 15 is 0 Å². The summed E-state index contributed by atoms with van der Waals surface area (Å²) in [6.07, 6.45) is 0. The van der Waals surface area contributed by atoms with Crippen LogP contribution in [0.3, 0.4) is 0 Å². The van der Waals surface area contributed by atoms with Crippen molar-refractivity contribution in [3.63, 3.8) is 0 Å². The van der Waals surface area contributed by atoms with Crippen molar-refractivity contribution >= 4 is 92.2 Å². The van der Waals surface area contributed by atoms with E-state index in [9.17, 15) is 0 Å². The molecule has 0 aliphatic heterocycles. The van der Waals surface area contributed by atoms with Crippen molar-refractivity contribution in [1.82, 2.24) is 9.38 Å². The van der Waals surface area contributed by atoms with Crippen molar-refractivity contribution in [3.8, 4) is 44.5 Å². The van der Waals surface area contributed by atoms with Crippen LogP contribution in [0.25, 0.3) is 137 Å². The van der Waals surface area contributed by atoms with Crippen molar-refractivity contribution in [3.05, 3.63) is 231 Å². The molecule has 2 nitrogen and oxygen atoms in total. The summed E-state index contributed by atoms with van der Waals surface area (Å²) >= 11 is 0. The maximum absolute atomic E-state index is 5.08. The Balaban J connectivity index is 0.927. The van der Waals surface area contributed by atoms with Crippen molar-refractivity contribution in [2.45, 2.75) is 0 Å². The van der Waals surface area contributed by atoms with E-state index < -0.39 is 0 Å². The second-order valence-corrected chi connectivity index (χ2v) is 17.5. The molecule has 0 saturated carbocycles. The molecular formula is C63H38N2. The molecule has 0 saturated heterocycles. The number of benzene rings is 12. The molecule has 14 rings (SSSR count). The van der Waals surface area contributed by atoms with Gasteiger partial charge in [0.2, 0.25) is 0 Å². The fourth-order valence-corrected chi connectivity index (χ4v) is 10.8. The predicted molar refractivity (Wildman–Crippen MR) is 277 cm³/mol. The van der Waals surface area contributed by atoms with Gasteiger partial charge in [-0.3, -0.25) is 4.40 Å². The number of fused-ring (bicyclic) bond motifs is 13. The van der Waals surface area contributed by atoms with Gasteiger partial charge in [0.1, 0.15) is 5.65 Å². The Labute approximate surface area is 374 Å². The molecule has 0 N–H and O–H groups in total. The third-order valence-corrected chi connectivity index (χ3v) is 13.9. The number of para-hydroxylation sites is 2. The summed E-state index contributed by atoms with van der Waals surface area (Å²) in [6.45, 7) is 0. The van der Waals surface area contributed by atoms with Crippen LogP contribution in [0.15, 0.2) is 231 Å². The van der Waals surface area contributed by atoms with E-state index in [2.05, 4.69) is 235 Å². The fraction of sp³-hybridized carbons (Fsp3) is 0. The Morgan fingerprint density at radius 2 is 0.662 bits per heavy atom. The SMILES string of the molecule is c1ccc2cc(-c3c4ccccc4c(-c4ccc5ccccc5c4)c4cc(-c5ccc6cc(-c7ccc8c(c7)c7ccccc7c7nc9ccccc9n87)ccc6c5)ccc34)ccc2c1. The van der Waals surface area contributed by atoms with Crippen molar-refractivity contribution in [1.29, 1.82) is 0 Å². The quantitative estimate of drug-likeness (QED) is 0.128. The normalized spacial score (nSPS) is 12.0. The minimum absolute atomic E-state index is 0.999. The monoisotopic (exact) mass is 822 g/mol. The molecule has 300 valence electrons. The van der Waals surface area contributed by atoms with Crippen molar-refractivity contribution in [2.75, 3.05) is 0 Å². The first kappa shape index (κ1) is 35.9. The third kappa shape index (κ3) is 5.57. The molecule has 0 radical (unpaired) electrons.